The van der Waals surface area contributed by atoms with Crippen molar-refractivity contribution in [1.29, 1.82) is 0 Å². The van der Waals surface area contributed by atoms with Crippen LogP contribution in [0.4, 0.5) is 32.0 Å². The van der Waals surface area contributed by atoms with Crippen LogP contribution in [0.5, 0.6) is 5.75 Å². The average Bonchev–Trinajstić information content (AvgIpc) is 2.93. The van der Waals surface area contributed by atoms with E-state index in [0.717, 1.165) is 36.9 Å². The Kier molecular flexibility index (Phi) is 15.4. The van der Waals surface area contributed by atoms with Crippen LogP contribution in [0.15, 0.2) is 53.5 Å². The molecule has 5 N–H and O–H groups in total. The zero-order valence-corrected chi connectivity index (χ0v) is 23.7. The summed E-state index contributed by atoms with van der Waals surface area (Å²) in [5.41, 5.74) is 9.14. The fourth-order valence-corrected chi connectivity index (χ4v) is 3.59. The number of ether oxygens (including phenoxy) is 1. The van der Waals surface area contributed by atoms with Gasteiger partial charge in [-0.1, -0.05) is 24.3 Å². The first-order chi connectivity index (χ1) is 20.1. The van der Waals surface area contributed by atoms with E-state index in [2.05, 4.69) is 54.4 Å². The molecule has 1 atom stereocenters. The minimum Gasteiger partial charge on any atom is -0.489 e. The third-order valence-electron chi connectivity index (χ3n) is 5.95. The van der Waals surface area contributed by atoms with E-state index in [1.807, 2.05) is 18.2 Å². The van der Waals surface area contributed by atoms with Crippen molar-refractivity contribution in [3.8, 4) is 5.75 Å². The number of nitrogens with one attached hydrogen (secondary N) is 1. The van der Waals surface area contributed by atoms with E-state index < -0.39 is 24.3 Å². The number of nitrogens with two attached hydrogens (primary N) is 1. The SMILES string of the molecule is Cc1ccccc1COc1ccc(NC(=NCCCN)N2CCCCC2C)cc1.O=C(O)C(F)(F)F.O=C(O)C(F)(F)F. The molecule has 43 heavy (non-hydrogen) atoms. The average molecular weight is 623 g/mol. The van der Waals surface area contributed by atoms with Gasteiger partial charge in [-0.05, 0) is 81.5 Å². The van der Waals surface area contributed by atoms with Gasteiger partial charge < -0.3 is 30.9 Å². The largest absolute Gasteiger partial charge is 0.490 e. The van der Waals surface area contributed by atoms with Crippen molar-refractivity contribution in [2.24, 2.45) is 10.7 Å². The molecule has 2 aromatic carbocycles. The second-order valence-electron chi connectivity index (χ2n) is 9.36. The van der Waals surface area contributed by atoms with Crippen LogP contribution in [0.25, 0.3) is 0 Å². The van der Waals surface area contributed by atoms with Gasteiger partial charge in [0, 0.05) is 24.8 Å². The molecule has 3 rings (SSSR count). The Balaban J connectivity index is 0.000000548. The molecule has 1 unspecified atom stereocenters. The summed E-state index contributed by atoms with van der Waals surface area (Å²) >= 11 is 0. The van der Waals surface area contributed by atoms with Crippen LogP contribution in [-0.4, -0.2) is 71.0 Å². The lowest BCUT2D eigenvalue weighted by molar-refractivity contribution is -0.193. The molecule has 9 nitrogen and oxygen atoms in total. The Morgan fingerprint density at radius 1 is 1.00 bits per heavy atom. The number of nitrogens with zero attached hydrogens (tertiary/aromatic N) is 2. The molecular formula is C28H36F6N4O5. The topological polar surface area (TPSA) is 137 Å². The second kappa shape index (κ2) is 17.8. The van der Waals surface area contributed by atoms with E-state index in [9.17, 15) is 26.3 Å². The molecule has 0 amide bonds. The summed E-state index contributed by atoms with van der Waals surface area (Å²) in [5, 5.41) is 17.8. The molecular weight excluding hydrogens is 586 g/mol. The molecule has 0 radical (unpaired) electrons. The highest BCUT2D eigenvalue weighted by molar-refractivity contribution is 5.94. The first kappa shape index (κ1) is 37.0. The predicted molar refractivity (Wildman–Crippen MR) is 149 cm³/mol. The first-order valence-electron chi connectivity index (χ1n) is 13.2. The Morgan fingerprint density at radius 2 is 1.56 bits per heavy atom. The summed E-state index contributed by atoms with van der Waals surface area (Å²) in [5.74, 6) is -3.69. The molecule has 2 aromatic rings. The van der Waals surface area contributed by atoms with Crippen LogP contribution in [-0.2, 0) is 16.2 Å². The number of rotatable bonds is 7. The lowest BCUT2D eigenvalue weighted by Gasteiger charge is -2.36. The third-order valence-corrected chi connectivity index (χ3v) is 5.95. The van der Waals surface area contributed by atoms with E-state index in [0.29, 0.717) is 19.2 Å². The smallest absolute Gasteiger partial charge is 0.489 e. The monoisotopic (exact) mass is 622 g/mol. The lowest BCUT2D eigenvalue weighted by Crippen LogP contribution is -2.45. The van der Waals surface area contributed by atoms with Gasteiger partial charge in [-0.15, -0.1) is 0 Å². The van der Waals surface area contributed by atoms with E-state index in [-0.39, 0.29) is 0 Å². The van der Waals surface area contributed by atoms with Gasteiger partial charge in [0.1, 0.15) is 12.4 Å². The molecule has 15 heteroatoms. The van der Waals surface area contributed by atoms with Crippen molar-refractivity contribution in [1.82, 2.24) is 4.90 Å². The molecule has 1 aliphatic heterocycles. The number of carbonyl (C=O) groups is 2. The third kappa shape index (κ3) is 14.6. The number of piperidine rings is 1. The highest BCUT2D eigenvalue weighted by Gasteiger charge is 2.38. The maximum Gasteiger partial charge on any atom is 0.490 e. The number of anilines is 1. The van der Waals surface area contributed by atoms with Gasteiger partial charge in [0.05, 0.1) is 0 Å². The molecule has 0 saturated carbocycles. The number of benzene rings is 2. The number of alkyl halides is 6. The number of aryl methyl sites for hydroxylation is 1. The van der Waals surface area contributed by atoms with E-state index >= 15 is 0 Å². The van der Waals surface area contributed by atoms with E-state index in [1.54, 1.807) is 0 Å². The number of aliphatic imine (C=N–C) groups is 1. The van der Waals surface area contributed by atoms with Gasteiger partial charge in [0.2, 0.25) is 0 Å². The standard InChI is InChI=1S/C24H34N4O.2C2HF3O2/c1-19-8-3-4-10-21(19)18-29-23-13-11-22(12-14-23)27-24(26-16-7-15-25)28-17-6-5-9-20(28)2;2*3-2(4,5)1(6)7/h3-4,8,10-14,20H,5-7,9,15-18,25H2,1-2H3,(H,26,27);2*(H,6,7). The van der Waals surface area contributed by atoms with Gasteiger partial charge in [-0.25, -0.2) is 9.59 Å². The highest BCUT2D eigenvalue weighted by atomic mass is 19.4. The predicted octanol–water partition coefficient (Wildman–Crippen LogP) is 5.83. The number of halogens is 6. The van der Waals surface area contributed by atoms with Crippen molar-refractivity contribution in [3.05, 3.63) is 59.7 Å². The Hall–Kier alpha value is -4.01. The van der Waals surface area contributed by atoms with Crippen LogP contribution in [0, 0.1) is 6.92 Å². The number of hydrogen-bond acceptors (Lipinski definition) is 5. The normalized spacial score (nSPS) is 15.3. The zero-order valence-electron chi connectivity index (χ0n) is 23.7. The molecule has 1 heterocycles. The summed E-state index contributed by atoms with van der Waals surface area (Å²) in [4.78, 5) is 25.0. The number of aliphatic carboxylic acids is 2. The van der Waals surface area contributed by atoms with Crippen LogP contribution >= 0.6 is 0 Å². The summed E-state index contributed by atoms with van der Waals surface area (Å²) in [6.07, 6.45) is -5.55. The fraction of sp³-hybridized carbons (Fsp3) is 0.464. The van der Waals surface area contributed by atoms with Gasteiger partial charge >= 0.3 is 24.3 Å². The molecule has 240 valence electrons. The molecule has 0 spiro atoms. The Morgan fingerprint density at radius 3 is 2.05 bits per heavy atom. The minimum atomic E-state index is -5.08. The van der Waals surface area contributed by atoms with Crippen molar-refractivity contribution in [3.63, 3.8) is 0 Å². The quantitative estimate of drug-likeness (QED) is 0.131. The molecule has 1 fully saturated rings. The molecule has 0 aliphatic carbocycles. The maximum atomic E-state index is 10.6. The summed E-state index contributed by atoms with van der Waals surface area (Å²) < 4.78 is 69.4. The van der Waals surface area contributed by atoms with Gasteiger partial charge in [-0.2, -0.15) is 26.3 Å². The van der Waals surface area contributed by atoms with Crippen molar-refractivity contribution in [2.75, 3.05) is 25.0 Å². The number of hydrogen-bond donors (Lipinski definition) is 4. The number of carboxylic acids is 2. The van der Waals surface area contributed by atoms with Crippen LogP contribution in [0.3, 0.4) is 0 Å². The molecule has 1 aliphatic rings. The zero-order chi connectivity index (χ0) is 32.6. The minimum absolute atomic E-state index is 0.504. The maximum absolute atomic E-state index is 10.6. The second-order valence-corrected chi connectivity index (χ2v) is 9.36. The fourth-order valence-electron chi connectivity index (χ4n) is 3.59. The first-order valence-corrected chi connectivity index (χ1v) is 13.2. The highest BCUT2D eigenvalue weighted by Crippen LogP contribution is 2.21. The van der Waals surface area contributed by atoms with Crippen molar-refractivity contribution < 1.29 is 50.9 Å². The number of likely N-dealkylation sites (tertiary alicyclic amines) is 1. The van der Waals surface area contributed by atoms with E-state index in [1.165, 1.54) is 30.4 Å². The summed E-state index contributed by atoms with van der Waals surface area (Å²) in [6.45, 7) is 7.43. The van der Waals surface area contributed by atoms with Crippen LogP contribution in [0.2, 0.25) is 0 Å². The molecule has 1 saturated heterocycles. The Labute approximate surface area is 245 Å². The lowest BCUT2D eigenvalue weighted by atomic mass is 10.0. The van der Waals surface area contributed by atoms with Crippen LogP contribution in [0.1, 0.15) is 43.7 Å². The van der Waals surface area contributed by atoms with Crippen molar-refractivity contribution >= 4 is 23.6 Å². The van der Waals surface area contributed by atoms with Gasteiger partial charge in [0.15, 0.2) is 5.96 Å². The van der Waals surface area contributed by atoms with Gasteiger partial charge in [-0.3, -0.25) is 4.99 Å². The molecule has 0 aromatic heterocycles. The van der Waals surface area contributed by atoms with Gasteiger partial charge in [0.25, 0.3) is 0 Å². The number of guanidine groups is 1. The van der Waals surface area contributed by atoms with Crippen LogP contribution < -0.4 is 15.8 Å². The Bertz CT molecular complexity index is 1150. The summed E-state index contributed by atoms with van der Waals surface area (Å²) in [6, 6.07) is 17.0. The molecule has 0 bridgehead atoms. The summed E-state index contributed by atoms with van der Waals surface area (Å²) in [7, 11) is 0. The number of carboxylic acid groups (broad SMARTS) is 2. The van der Waals surface area contributed by atoms with Crippen molar-refractivity contribution in [2.45, 2.75) is 64.5 Å². The van der Waals surface area contributed by atoms with E-state index in [4.69, 9.17) is 35.3 Å².